The van der Waals surface area contributed by atoms with Crippen LogP contribution in [0.5, 0.6) is 0 Å². The van der Waals surface area contributed by atoms with Gasteiger partial charge < -0.3 is 15.7 Å². The van der Waals surface area contributed by atoms with E-state index in [1.54, 1.807) is 24.3 Å². The van der Waals surface area contributed by atoms with E-state index in [0.717, 1.165) is 6.20 Å². The first-order chi connectivity index (χ1) is 10.4. The van der Waals surface area contributed by atoms with Gasteiger partial charge in [0.2, 0.25) is 0 Å². The van der Waals surface area contributed by atoms with Crippen LogP contribution < -0.4 is 10.6 Å². The summed E-state index contributed by atoms with van der Waals surface area (Å²) in [5.74, 6) is -0.643. The number of carbonyl (C=O) groups excluding carboxylic acids is 1. The van der Waals surface area contributed by atoms with Crippen LogP contribution in [0.4, 0.5) is 14.9 Å². The average molecular weight is 324 g/mol. The van der Waals surface area contributed by atoms with Gasteiger partial charge in [0.25, 0.3) is 0 Å². The van der Waals surface area contributed by atoms with E-state index < -0.39 is 17.4 Å². The third kappa shape index (κ3) is 3.93. The van der Waals surface area contributed by atoms with E-state index in [2.05, 4.69) is 15.6 Å². The molecule has 0 fully saturated rings. The number of hydrogen-bond acceptors (Lipinski definition) is 3. The molecule has 2 aromatic rings. The molecule has 0 bridgehead atoms. The van der Waals surface area contributed by atoms with E-state index in [9.17, 15) is 14.3 Å². The number of anilines is 1. The highest BCUT2D eigenvalue weighted by Gasteiger charge is 2.26. The fraction of sp³-hybridized carbons (Fsp3) is 0.200. The minimum atomic E-state index is -1.35. The summed E-state index contributed by atoms with van der Waals surface area (Å²) in [5.41, 5.74) is -0.858. The smallest absolute Gasteiger partial charge is 0.319 e. The van der Waals surface area contributed by atoms with Gasteiger partial charge in [-0.2, -0.15) is 0 Å². The number of nitrogens with one attached hydrogen (secondary N) is 2. The van der Waals surface area contributed by atoms with E-state index >= 15 is 0 Å². The number of aromatic nitrogens is 1. The molecule has 1 aromatic carbocycles. The van der Waals surface area contributed by atoms with Gasteiger partial charge in [-0.25, -0.2) is 9.18 Å². The Morgan fingerprint density at radius 1 is 1.41 bits per heavy atom. The quantitative estimate of drug-likeness (QED) is 0.810. The van der Waals surface area contributed by atoms with E-state index in [-0.39, 0.29) is 12.2 Å². The predicted molar refractivity (Wildman–Crippen MR) is 82.2 cm³/mol. The second-order valence-electron chi connectivity index (χ2n) is 4.92. The van der Waals surface area contributed by atoms with Gasteiger partial charge >= 0.3 is 6.03 Å². The molecule has 1 unspecified atom stereocenters. The lowest BCUT2D eigenvalue weighted by Gasteiger charge is -2.25. The van der Waals surface area contributed by atoms with Crippen LogP contribution in [-0.2, 0) is 5.60 Å². The lowest BCUT2D eigenvalue weighted by Crippen LogP contribution is -2.40. The Hall–Kier alpha value is -2.18. The minimum Gasteiger partial charge on any atom is -0.384 e. The normalized spacial score (nSPS) is 13.3. The first-order valence-electron chi connectivity index (χ1n) is 6.52. The van der Waals surface area contributed by atoms with Gasteiger partial charge in [-0.3, -0.25) is 4.98 Å². The maximum Gasteiger partial charge on any atom is 0.319 e. The van der Waals surface area contributed by atoms with Crippen molar-refractivity contribution >= 4 is 23.3 Å². The van der Waals surface area contributed by atoms with Crippen molar-refractivity contribution in [2.24, 2.45) is 0 Å². The summed E-state index contributed by atoms with van der Waals surface area (Å²) in [5, 5.41) is 15.6. The van der Waals surface area contributed by atoms with E-state index in [0.29, 0.717) is 10.6 Å². The summed E-state index contributed by atoms with van der Waals surface area (Å²) in [6.07, 6.45) is 2.36. The summed E-state index contributed by atoms with van der Waals surface area (Å²) >= 11 is 6.03. The molecule has 3 N–H and O–H groups in total. The average Bonchev–Trinajstić information content (AvgIpc) is 2.48. The molecule has 0 aliphatic rings. The van der Waals surface area contributed by atoms with Gasteiger partial charge in [0.1, 0.15) is 5.60 Å². The molecule has 1 atom stereocenters. The van der Waals surface area contributed by atoms with Gasteiger partial charge in [-0.05, 0) is 19.1 Å². The third-order valence-corrected chi connectivity index (χ3v) is 3.40. The number of rotatable bonds is 4. The molecule has 0 radical (unpaired) electrons. The van der Waals surface area contributed by atoms with Crippen molar-refractivity contribution in [1.29, 1.82) is 0 Å². The van der Waals surface area contributed by atoms with Crippen molar-refractivity contribution in [2.45, 2.75) is 12.5 Å². The fourth-order valence-corrected chi connectivity index (χ4v) is 2.23. The fourth-order valence-electron chi connectivity index (χ4n) is 1.89. The van der Waals surface area contributed by atoms with Crippen molar-refractivity contribution in [1.82, 2.24) is 10.3 Å². The number of benzene rings is 1. The maximum atomic E-state index is 13.4. The van der Waals surface area contributed by atoms with Crippen LogP contribution in [0.15, 0.2) is 42.7 Å². The number of urea groups is 1. The van der Waals surface area contributed by atoms with Gasteiger partial charge in [0.05, 0.1) is 18.4 Å². The zero-order valence-electron chi connectivity index (χ0n) is 11.8. The molecule has 0 aliphatic carbocycles. The SMILES string of the molecule is CC(O)(CNC(=O)Nc1ccncc1F)c1ccccc1Cl. The Bertz CT molecular complexity index is 679. The van der Waals surface area contributed by atoms with Crippen molar-refractivity contribution < 1.29 is 14.3 Å². The van der Waals surface area contributed by atoms with Gasteiger partial charge in [0, 0.05) is 16.8 Å². The van der Waals surface area contributed by atoms with Gasteiger partial charge in [-0.1, -0.05) is 29.8 Å². The summed E-state index contributed by atoms with van der Waals surface area (Å²) in [6.45, 7) is 1.44. The zero-order chi connectivity index (χ0) is 16.2. The molecule has 2 rings (SSSR count). The number of halogens is 2. The molecule has 0 spiro atoms. The molecule has 1 aromatic heterocycles. The zero-order valence-corrected chi connectivity index (χ0v) is 12.6. The molecule has 22 heavy (non-hydrogen) atoms. The molecule has 5 nitrogen and oxygen atoms in total. The van der Waals surface area contributed by atoms with Crippen LogP contribution in [-0.4, -0.2) is 22.7 Å². The highest BCUT2D eigenvalue weighted by atomic mass is 35.5. The summed E-state index contributed by atoms with van der Waals surface area (Å²) in [6, 6.07) is 7.50. The number of aliphatic hydroxyl groups is 1. The van der Waals surface area contributed by atoms with Crippen molar-refractivity contribution in [3.63, 3.8) is 0 Å². The summed E-state index contributed by atoms with van der Waals surface area (Å²) < 4.78 is 13.4. The first-order valence-corrected chi connectivity index (χ1v) is 6.90. The second-order valence-corrected chi connectivity index (χ2v) is 5.32. The monoisotopic (exact) mass is 323 g/mol. The second kappa shape index (κ2) is 6.72. The predicted octanol–water partition coefficient (Wildman–Crippen LogP) is 2.90. The Morgan fingerprint density at radius 3 is 2.82 bits per heavy atom. The topological polar surface area (TPSA) is 74.2 Å². The highest BCUT2D eigenvalue weighted by molar-refractivity contribution is 6.31. The molecular formula is C15H15ClFN3O2. The molecule has 1 heterocycles. The van der Waals surface area contributed by atoms with Gasteiger partial charge in [0.15, 0.2) is 5.82 Å². The number of pyridine rings is 1. The van der Waals surface area contributed by atoms with E-state index in [4.69, 9.17) is 11.6 Å². The standard InChI is InChI=1S/C15H15ClFN3O2/c1-15(22,10-4-2-3-5-11(10)16)9-19-14(21)20-13-6-7-18-8-12(13)17/h2-8,22H,9H2,1H3,(H2,18,19,20,21). The van der Waals surface area contributed by atoms with Crippen LogP contribution >= 0.6 is 11.6 Å². The molecule has 7 heteroatoms. The Balaban J connectivity index is 1.99. The van der Waals surface area contributed by atoms with Gasteiger partial charge in [-0.15, -0.1) is 0 Å². The Labute approximate surface area is 132 Å². The molecule has 0 saturated heterocycles. The van der Waals surface area contributed by atoms with Crippen molar-refractivity contribution in [2.75, 3.05) is 11.9 Å². The lowest BCUT2D eigenvalue weighted by atomic mass is 9.96. The van der Waals surface area contributed by atoms with Crippen molar-refractivity contribution in [3.05, 3.63) is 59.1 Å². The third-order valence-electron chi connectivity index (χ3n) is 3.07. The summed E-state index contributed by atoms with van der Waals surface area (Å²) in [4.78, 5) is 15.4. The first kappa shape index (κ1) is 16.2. The highest BCUT2D eigenvalue weighted by Crippen LogP contribution is 2.27. The van der Waals surface area contributed by atoms with E-state index in [1.807, 2.05) is 0 Å². The Kier molecular flexibility index (Phi) is 4.95. The largest absolute Gasteiger partial charge is 0.384 e. The van der Waals surface area contributed by atoms with Crippen LogP contribution in [0.1, 0.15) is 12.5 Å². The van der Waals surface area contributed by atoms with Crippen LogP contribution in [0.25, 0.3) is 0 Å². The van der Waals surface area contributed by atoms with Crippen molar-refractivity contribution in [3.8, 4) is 0 Å². The number of hydrogen-bond donors (Lipinski definition) is 3. The van der Waals surface area contributed by atoms with Crippen LogP contribution in [0.2, 0.25) is 5.02 Å². The number of amides is 2. The number of carbonyl (C=O) groups is 1. The van der Waals surface area contributed by atoms with E-state index in [1.165, 1.54) is 19.2 Å². The summed E-state index contributed by atoms with van der Waals surface area (Å²) in [7, 11) is 0. The minimum absolute atomic E-state index is 0.00452. The van der Waals surface area contributed by atoms with Crippen LogP contribution in [0, 0.1) is 5.82 Å². The molecule has 2 amide bonds. The lowest BCUT2D eigenvalue weighted by molar-refractivity contribution is 0.0600. The molecular weight excluding hydrogens is 309 g/mol. The molecule has 0 saturated carbocycles. The molecule has 116 valence electrons. The maximum absolute atomic E-state index is 13.4. The Morgan fingerprint density at radius 2 is 2.14 bits per heavy atom. The number of nitrogens with zero attached hydrogens (tertiary/aromatic N) is 1. The molecule has 0 aliphatic heterocycles. The van der Waals surface area contributed by atoms with Crippen LogP contribution in [0.3, 0.4) is 0 Å².